The Morgan fingerprint density at radius 1 is 1.12 bits per heavy atom. The minimum Gasteiger partial charge on any atom is -0.454 e. The van der Waals surface area contributed by atoms with Crippen LogP contribution in [0.1, 0.15) is 21.7 Å². The summed E-state index contributed by atoms with van der Waals surface area (Å²) in [4.78, 5) is 16.9. The van der Waals surface area contributed by atoms with Gasteiger partial charge in [-0.05, 0) is 32.0 Å². The largest absolute Gasteiger partial charge is 0.454 e. The van der Waals surface area contributed by atoms with Crippen LogP contribution in [0, 0.1) is 13.8 Å². The molecule has 0 spiro atoms. The van der Waals surface area contributed by atoms with Gasteiger partial charge in [0.05, 0.1) is 17.1 Å². The number of fused-ring (bicyclic) bond motifs is 1. The third-order valence-corrected chi connectivity index (χ3v) is 4.59. The number of aryl methyl sites for hydroxylation is 2. The molecule has 2 aliphatic heterocycles. The number of H-pyrrole nitrogens is 1. The van der Waals surface area contributed by atoms with Gasteiger partial charge in [0.25, 0.3) is 5.91 Å². The summed E-state index contributed by atoms with van der Waals surface area (Å²) < 4.78 is 10.7. The van der Waals surface area contributed by atoms with Crippen LogP contribution in [-0.4, -0.2) is 54.0 Å². The first-order chi connectivity index (χ1) is 11.6. The summed E-state index contributed by atoms with van der Waals surface area (Å²) in [6.07, 6.45) is 0. The predicted molar refractivity (Wildman–Crippen MR) is 88.7 cm³/mol. The molecule has 7 heteroatoms. The average Bonchev–Trinajstić information content (AvgIpc) is 3.20. The summed E-state index contributed by atoms with van der Waals surface area (Å²) in [6, 6.07) is 5.36. The van der Waals surface area contributed by atoms with Crippen molar-refractivity contribution in [3.63, 3.8) is 0 Å². The van der Waals surface area contributed by atoms with Crippen LogP contribution in [0.3, 0.4) is 0 Å². The van der Waals surface area contributed by atoms with Gasteiger partial charge in [-0.25, -0.2) is 0 Å². The number of amides is 1. The number of nitrogens with zero attached hydrogens (tertiary/aromatic N) is 3. The molecule has 1 amide bonds. The van der Waals surface area contributed by atoms with Crippen molar-refractivity contribution in [1.82, 2.24) is 15.1 Å². The smallest absolute Gasteiger partial charge is 0.254 e. The number of rotatable bonds is 2. The fourth-order valence-corrected chi connectivity index (χ4v) is 3.36. The molecule has 2 aromatic rings. The van der Waals surface area contributed by atoms with Crippen LogP contribution in [0.25, 0.3) is 0 Å². The first-order valence-electron chi connectivity index (χ1n) is 8.09. The molecule has 0 saturated carbocycles. The maximum atomic E-state index is 12.7. The number of anilines is 1. The molecule has 24 heavy (non-hydrogen) atoms. The van der Waals surface area contributed by atoms with Crippen molar-refractivity contribution in [1.29, 1.82) is 0 Å². The Balaban J connectivity index is 1.45. The molecule has 126 valence electrons. The van der Waals surface area contributed by atoms with Gasteiger partial charge in [0.15, 0.2) is 11.5 Å². The first kappa shape index (κ1) is 14.9. The zero-order valence-electron chi connectivity index (χ0n) is 13.8. The summed E-state index contributed by atoms with van der Waals surface area (Å²) in [6.45, 7) is 7.24. The molecule has 1 N–H and O–H groups in total. The van der Waals surface area contributed by atoms with E-state index in [1.165, 1.54) is 0 Å². The van der Waals surface area contributed by atoms with Crippen LogP contribution in [0.5, 0.6) is 11.5 Å². The van der Waals surface area contributed by atoms with Crippen molar-refractivity contribution in [2.24, 2.45) is 0 Å². The second-order valence-electron chi connectivity index (χ2n) is 6.13. The standard InChI is InChI=1S/C17H20N4O3/c1-11-16(12(2)19-18-11)20-5-7-21(8-6-20)17(22)13-3-4-14-15(9-13)24-10-23-14/h3-4,9H,5-8,10H2,1-2H3,(H,18,19). The Morgan fingerprint density at radius 3 is 2.58 bits per heavy atom. The summed E-state index contributed by atoms with van der Waals surface area (Å²) in [5.41, 5.74) is 3.87. The van der Waals surface area contributed by atoms with E-state index >= 15 is 0 Å². The minimum atomic E-state index is 0.0357. The van der Waals surface area contributed by atoms with Crippen molar-refractivity contribution in [3.8, 4) is 11.5 Å². The van der Waals surface area contributed by atoms with E-state index in [0.717, 1.165) is 30.2 Å². The van der Waals surface area contributed by atoms with Crippen LogP contribution in [0.15, 0.2) is 18.2 Å². The van der Waals surface area contributed by atoms with E-state index in [1.807, 2.05) is 18.7 Å². The number of aromatic nitrogens is 2. The van der Waals surface area contributed by atoms with Crippen molar-refractivity contribution in [2.45, 2.75) is 13.8 Å². The molecule has 1 aromatic heterocycles. The molecule has 4 rings (SSSR count). The number of aromatic amines is 1. The highest BCUT2D eigenvalue weighted by Gasteiger charge is 2.26. The van der Waals surface area contributed by atoms with Crippen molar-refractivity contribution in [2.75, 3.05) is 37.9 Å². The molecule has 2 aliphatic rings. The van der Waals surface area contributed by atoms with E-state index in [9.17, 15) is 4.79 Å². The molecular weight excluding hydrogens is 308 g/mol. The second kappa shape index (κ2) is 5.74. The number of nitrogens with one attached hydrogen (secondary N) is 1. The molecule has 0 atom stereocenters. The van der Waals surface area contributed by atoms with E-state index in [1.54, 1.807) is 18.2 Å². The highest BCUT2D eigenvalue weighted by atomic mass is 16.7. The lowest BCUT2D eigenvalue weighted by atomic mass is 10.1. The summed E-state index contributed by atoms with van der Waals surface area (Å²) in [5, 5.41) is 7.27. The van der Waals surface area contributed by atoms with Crippen LogP contribution in [0.4, 0.5) is 5.69 Å². The quantitative estimate of drug-likeness (QED) is 0.909. The Labute approximate surface area is 140 Å². The maximum absolute atomic E-state index is 12.7. The zero-order chi connectivity index (χ0) is 16.7. The van der Waals surface area contributed by atoms with E-state index < -0.39 is 0 Å². The van der Waals surface area contributed by atoms with Gasteiger partial charge in [-0.1, -0.05) is 0 Å². The summed E-state index contributed by atoms with van der Waals surface area (Å²) in [7, 11) is 0. The minimum absolute atomic E-state index is 0.0357. The van der Waals surface area contributed by atoms with Crippen LogP contribution >= 0.6 is 0 Å². The molecule has 7 nitrogen and oxygen atoms in total. The molecule has 3 heterocycles. The maximum Gasteiger partial charge on any atom is 0.254 e. The Bertz CT molecular complexity index is 759. The number of piperazine rings is 1. The van der Waals surface area contributed by atoms with Crippen LogP contribution in [0.2, 0.25) is 0 Å². The number of hydrogen-bond acceptors (Lipinski definition) is 5. The van der Waals surface area contributed by atoms with Crippen molar-refractivity contribution < 1.29 is 14.3 Å². The second-order valence-corrected chi connectivity index (χ2v) is 6.13. The number of benzene rings is 1. The number of ether oxygens (including phenoxy) is 2. The molecule has 1 fully saturated rings. The fourth-order valence-electron chi connectivity index (χ4n) is 3.36. The predicted octanol–water partition coefficient (Wildman–Crippen LogP) is 1.72. The Kier molecular flexibility index (Phi) is 3.55. The van der Waals surface area contributed by atoms with Gasteiger partial charge < -0.3 is 19.3 Å². The normalized spacial score (nSPS) is 16.6. The van der Waals surface area contributed by atoms with Crippen LogP contribution < -0.4 is 14.4 Å². The Morgan fingerprint density at radius 2 is 1.88 bits per heavy atom. The first-order valence-corrected chi connectivity index (χ1v) is 8.09. The van der Waals surface area contributed by atoms with Gasteiger partial charge in [-0.15, -0.1) is 0 Å². The monoisotopic (exact) mass is 328 g/mol. The van der Waals surface area contributed by atoms with Gasteiger partial charge in [-0.3, -0.25) is 9.89 Å². The van der Waals surface area contributed by atoms with Gasteiger partial charge in [0.1, 0.15) is 0 Å². The molecule has 1 saturated heterocycles. The van der Waals surface area contributed by atoms with Crippen molar-refractivity contribution in [3.05, 3.63) is 35.2 Å². The van der Waals surface area contributed by atoms with E-state index in [4.69, 9.17) is 9.47 Å². The highest BCUT2D eigenvalue weighted by molar-refractivity contribution is 5.95. The lowest BCUT2D eigenvalue weighted by Gasteiger charge is -2.36. The Hall–Kier alpha value is -2.70. The van der Waals surface area contributed by atoms with E-state index in [-0.39, 0.29) is 12.7 Å². The number of hydrogen-bond donors (Lipinski definition) is 1. The fraction of sp³-hybridized carbons (Fsp3) is 0.412. The van der Waals surface area contributed by atoms with E-state index in [0.29, 0.717) is 30.2 Å². The molecule has 0 radical (unpaired) electrons. The summed E-state index contributed by atoms with van der Waals surface area (Å²) >= 11 is 0. The van der Waals surface area contributed by atoms with Crippen molar-refractivity contribution >= 4 is 11.6 Å². The lowest BCUT2D eigenvalue weighted by Crippen LogP contribution is -2.49. The topological polar surface area (TPSA) is 70.7 Å². The van der Waals surface area contributed by atoms with Gasteiger partial charge in [0, 0.05) is 31.7 Å². The molecule has 1 aromatic carbocycles. The number of carbonyl (C=O) groups is 1. The third kappa shape index (κ3) is 2.46. The van der Waals surface area contributed by atoms with Gasteiger partial charge in [-0.2, -0.15) is 5.10 Å². The third-order valence-electron chi connectivity index (χ3n) is 4.59. The van der Waals surface area contributed by atoms with E-state index in [2.05, 4.69) is 15.1 Å². The summed E-state index contributed by atoms with van der Waals surface area (Å²) in [5.74, 6) is 1.37. The lowest BCUT2D eigenvalue weighted by molar-refractivity contribution is 0.0746. The molecular formula is C17H20N4O3. The zero-order valence-corrected chi connectivity index (χ0v) is 13.8. The SMILES string of the molecule is Cc1n[nH]c(C)c1N1CCN(C(=O)c2ccc3c(c2)OCO3)CC1. The van der Waals surface area contributed by atoms with Gasteiger partial charge in [0.2, 0.25) is 6.79 Å². The molecule has 0 bridgehead atoms. The van der Waals surface area contributed by atoms with Crippen LogP contribution in [-0.2, 0) is 0 Å². The molecule has 0 unspecified atom stereocenters. The molecule has 0 aliphatic carbocycles. The average molecular weight is 328 g/mol. The highest BCUT2D eigenvalue weighted by Crippen LogP contribution is 2.33. The van der Waals surface area contributed by atoms with Gasteiger partial charge >= 0.3 is 0 Å². The number of carbonyl (C=O) groups excluding carboxylic acids is 1.